The molecule has 0 spiro atoms. The van der Waals surface area contributed by atoms with Gasteiger partial charge in [-0.15, -0.1) is 0 Å². The largest absolute Gasteiger partial charge is 3.00 e. The Balaban J connectivity index is -0.000000563. The van der Waals surface area contributed by atoms with E-state index in [1.165, 1.54) is 4.90 Å². The molecule has 0 unspecified atom stereocenters. The van der Waals surface area contributed by atoms with Gasteiger partial charge in [0.1, 0.15) is 0 Å². The number of nitrogens with zero attached hydrogens (tertiary/aromatic N) is 3. The fourth-order valence-corrected chi connectivity index (χ4v) is 2.18. The molecule has 0 amide bonds. The summed E-state index contributed by atoms with van der Waals surface area (Å²) in [6.07, 6.45) is 0. The summed E-state index contributed by atoms with van der Waals surface area (Å²) in [6.45, 7) is -4.16. The minimum atomic E-state index is -1.54. The van der Waals surface area contributed by atoms with E-state index in [2.05, 4.69) is 0 Å². The van der Waals surface area contributed by atoms with E-state index in [1.807, 2.05) is 0 Å². The Hall–Kier alpha value is -0.278. The zero-order valence-corrected chi connectivity index (χ0v) is 22.5. The Morgan fingerprint density at radius 2 is 0.613 bits per heavy atom. The van der Waals surface area contributed by atoms with Crippen LogP contribution in [0.4, 0.5) is 0 Å². The van der Waals surface area contributed by atoms with Crippen molar-refractivity contribution in [2.24, 2.45) is 0 Å². The first kappa shape index (κ1) is 41.0. The predicted molar refractivity (Wildman–Crippen MR) is 78.0 cm³/mol. The van der Waals surface area contributed by atoms with Crippen molar-refractivity contribution in [2.45, 2.75) is 0 Å². The number of aliphatic carboxylic acids is 5. The molecule has 165 valence electrons. The normalized spacial score (nSPS) is 9.65. The molecule has 0 saturated heterocycles. The van der Waals surface area contributed by atoms with E-state index in [0.717, 1.165) is 9.80 Å². The van der Waals surface area contributed by atoms with Crippen LogP contribution in [-0.2, 0) is 41.3 Å². The van der Waals surface area contributed by atoms with Gasteiger partial charge < -0.3 is 55.0 Å². The molecule has 17 heteroatoms. The minimum Gasteiger partial charge on any atom is -0.549 e. The number of carboxylic acids is 5. The standard InChI is InChI=1S/C14H23N3O10.Cr.2Na.H2O/c18-10(19)5-15(1-3-16(6-11(20)21)7-12(22)23)2-4-17(8-13(24)25)9-14(26)27;;;;/h1-9H2,(H,18,19)(H,20,21)(H,22,23)(H,24,25)(H,26,27);;;;1H2/q;+3;2*+1;/p-5. The van der Waals surface area contributed by atoms with Crippen LogP contribution < -0.4 is 84.6 Å². The summed E-state index contributed by atoms with van der Waals surface area (Å²) < 4.78 is 0. The molecule has 0 rings (SSSR count). The first-order valence-electron chi connectivity index (χ1n) is 7.66. The monoisotopic (exact) mass is 504 g/mol. The van der Waals surface area contributed by atoms with E-state index < -0.39 is 62.6 Å². The summed E-state index contributed by atoms with van der Waals surface area (Å²) >= 11 is 0. The van der Waals surface area contributed by atoms with E-state index in [1.54, 1.807) is 0 Å². The van der Waals surface area contributed by atoms with Gasteiger partial charge in [0.25, 0.3) is 0 Å². The summed E-state index contributed by atoms with van der Waals surface area (Å²) in [5.41, 5.74) is 0. The first-order valence-corrected chi connectivity index (χ1v) is 7.66. The zero-order chi connectivity index (χ0) is 21.0. The molecule has 0 saturated carbocycles. The van der Waals surface area contributed by atoms with Gasteiger partial charge in [-0.2, -0.15) is 0 Å². The fraction of sp³-hybridized carbons (Fsp3) is 0.643. The van der Waals surface area contributed by atoms with Crippen LogP contribution in [0.3, 0.4) is 0 Å². The molecular formula is C14H20CrN3Na2O11. The van der Waals surface area contributed by atoms with Crippen LogP contribution in [0.2, 0.25) is 0 Å². The molecule has 0 bridgehead atoms. The molecule has 0 aliphatic rings. The van der Waals surface area contributed by atoms with Crippen LogP contribution >= 0.6 is 0 Å². The molecule has 0 heterocycles. The molecule has 0 aromatic rings. The second kappa shape index (κ2) is 22.9. The Morgan fingerprint density at radius 3 is 0.806 bits per heavy atom. The van der Waals surface area contributed by atoms with Crippen molar-refractivity contribution in [2.75, 3.05) is 58.9 Å². The molecule has 0 aliphatic heterocycles. The van der Waals surface area contributed by atoms with Gasteiger partial charge in [0.2, 0.25) is 0 Å². The maximum atomic E-state index is 10.8. The molecule has 0 aromatic carbocycles. The van der Waals surface area contributed by atoms with Gasteiger partial charge in [0.15, 0.2) is 0 Å². The molecule has 0 aliphatic carbocycles. The number of carbonyl (C=O) groups is 5. The smallest absolute Gasteiger partial charge is 0.549 e. The van der Waals surface area contributed by atoms with Crippen LogP contribution in [0.25, 0.3) is 0 Å². The van der Waals surface area contributed by atoms with Crippen LogP contribution in [0.5, 0.6) is 0 Å². The van der Waals surface area contributed by atoms with Crippen LogP contribution in [0, 0.1) is 0 Å². The second-order valence-electron chi connectivity index (χ2n) is 5.56. The summed E-state index contributed by atoms with van der Waals surface area (Å²) in [4.78, 5) is 56.4. The first-order chi connectivity index (χ1) is 12.5. The van der Waals surface area contributed by atoms with Crippen molar-refractivity contribution in [1.29, 1.82) is 0 Å². The zero-order valence-electron chi connectivity index (χ0n) is 17.2. The number of carboxylic acid groups (broad SMARTS) is 5. The fourth-order valence-electron chi connectivity index (χ4n) is 2.18. The van der Waals surface area contributed by atoms with Gasteiger partial charge in [-0.1, -0.05) is 0 Å². The molecule has 14 nitrogen and oxygen atoms in total. The van der Waals surface area contributed by atoms with Crippen molar-refractivity contribution < 1.29 is 131 Å². The van der Waals surface area contributed by atoms with Crippen molar-refractivity contribution >= 4 is 29.8 Å². The summed E-state index contributed by atoms with van der Waals surface area (Å²) in [6, 6.07) is 0. The third kappa shape index (κ3) is 25.9. The maximum absolute atomic E-state index is 10.8. The molecule has 2 N–H and O–H groups in total. The van der Waals surface area contributed by atoms with E-state index in [0.29, 0.717) is 0 Å². The van der Waals surface area contributed by atoms with E-state index >= 15 is 0 Å². The van der Waals surface area contributed by atoms with Crippen LogP contribution in [0.15, 0.2) is 0 Å². The molecule has 31 heavy (non-hydrogen) atoms. The maximum Gasteiger partial charge on any atom is 3.00 e. The SMILES string of the molecule is O.O=C([O-])CN(CCN(CC(=O)[O-])CC(=O)[O-])CCN(CC(=O)[O-])CC(=O)[O-].[Cr+3].[Na+].[Na+]. The number of hydrogen-bond acceptors (Lipinski definition) is 13. The Morgan fingerprint density at radius 1 is 0.452 bits per heavy atom. The van der Waals surface area contributed by atoms with Gasteiger partial charge in [-0.05, 0) is 0 Å². The van der Waals surface area contributed by atoms with Crippen molar-refractivity contribution in [3.05, 3.63) is 0 Å². The quantitative estimate of drug-likeness (QED) is 0.177. The minimum absolute atomic E-state index is 0. The van der Waals surface area contributed by atoms with Gasteiger partial charge in [-0.3, -0.25) is 14.7 Å². The third-order valence-electron chi connectivity index (χ3n) is 3.23. The van der Waals surface area contributed by atoms with Gasteiger partial charge >= 0.3 is 76.5 Å². The van der Waals surface area contributed by atoms with Crippen molar-refractivity contribution in [3.8, 4) is 0 Å². The van der Waals surface area contributed by atoms with Crippen molar-refractivity contribution in [1.82, 2.24) is 14.7 Å². The van der Waals surface area contributed by atoms with Gasteiger partial charge in [-0.25, -0.2) is 0 Å². The summed E-state index contributed by atoms with van der Waals surface area (Å²) in [7, 11) is 0. The topological polar surface area (TPSA) is 242 Å². The number of rotatable bonds is 16. The van der Waals surface area contributed by atoms with Crippen molar-refractivity contribution in [3.63, 3.8) is 0 Å². The van der Waals surface area contributed by atoms with E-state index in [9.17, 15) is 49.5 Å². The summed E-state index contributed by atoms with van der Waals surface area (Å²) in [5, 5.41) is 53.3. The van der Waals surface area contributed by atoms with Crippen LogP contribution in [-0.4, -0.2) is 109 Å². The molecular weight excluding hydrogens is 484 g/mol. The van der Waals surface area contributed by atoms with Gasteiger partial charge in [0, 0.05) is 58.9 Å². The Bertz CT molecular complexity index is 500. The molecule has 1 radical (unpaired) electrons. The second-order valence-corrected chi connectivity index (χ2v) is 5.56. The number of carbonyl (C=O) groups excluding carboxylic acids is 5. The molecule has 0 atom stereocenters. The molecule has 0 aromatic heterocycles. The Labute approximate surface area is 233 Å². The third-order valence-corrected chi connectivity index (χ3v) is 3.23. The number of hydrogen-bond donors (Lipinski definition) is 0. The summed E-state index contributed by atoms with van der Waals surface area (Å²) in [5.74, 6) is -7.67. The van der Waals surface area contributed by atoms with Gasteiger partial charge in [0.05, 0.1) is 29.8 Å². The average molecular weight is 504 g/mol. The Kier molecular flexibility index (Phi) is 30.3. The molecule has 0 fully saturated rings. The van der Waals surface area contributed by atoms with Crippen LogP contribution in [0.1, 0.15) is 0 Å². The predicted octanol–water partition coefficient (Wildman–Crippen LogP) is -16.2. The van der Waals surface area contributed by atoms with E-state index in [-0.39, 0.29) is 108 Å². The van der Waals surface area contributed by atoms with E-state index in [4.69, 9.17) is 0 Å². The average Bonchev–Trinajstić information content (AvgIpc) is 2.46.